The van der Waals surface area contributed by atoms with Crippen LogP contribution < -0.4 is 5.32 Å². The molecule has 0 aliphatic rings. The molecule has 0 saturated heterocycles. The molecule has 0 unspecified atom stereocenters. The Morgan fingerprint density at radius 3 is 2.37 bits per heavy atom. The summed E-state index contributed by atoms with van der Waals surface area (Å²) in [5.41, 5.74) is 2.38. The fourth-order valence-corrected chi connectivity index (χ4v) is 1.89. The molecule has 0 radical (unpaired) electrons. The molecule has 3 rings (SSSR count). The predicted molar refractivity (Wildman–Crippen MR) is 74.5 cm³/mol. The molecule has 0 atom stereocenters. The normalized spacial score (nSPS) is 10.3. The zero-order valence-corrected chi connectivity index (χ0v) is 10.2. The molecule has 2 N–H and O–H groups in total. The van der Waals surface area contributed by atoms with Crippen molar-refractivity contribution in [3.63, 3.8) is 0 Å². The lowest BCUT2D eigenvalue weighted by Crippen LogP contribution is -2.12. The molecule has 2 aromatic heterocycles. The third-order valence-electron chi connectivity index (χ3n) is 2.87. The second kappa shape index (κ2) is 4.86. The Balaban J connectivity index is 1.75. The number of carbonyl (C=O) groups is 1. The number of nitrogens with zero attached hydrogens (tertiary/aromatic N) is 1. The molecule has 4 heteroatoms. The molecule has 2 heterocycles. The Morgan fingerprint density at radius 2 is 1.74 bits per heavy atom. The van der Waals surface area contributed by atoms with Crippen LogP contribution in [0.1, 0.15) is 10.5 Å². The van der Waals surface area contributed by atoms with Gasteiger partial charge in [0.1, 0.15) is 5.69 Å². The Kier molecular flexibility index (Phi) is 2.90. The van der Waals surface area contributed by atoms with E-state index in [-0.39, 0.29) is 5.91 Å². The fourth-order valence-electron chi connectivity index (χ4n) is 1.89. The van der Waals surface area contributed by atoms with Gasteiger partial charge in [-0.1, -0.05) is 0 Å². The van der Waals surface area contributed by atoms with E-state index in [1.807, 2.05) is 53.4 Å². The molecule has 4 nitrogen and oxygen atoms in total. The van der Waals surface area contributed by atoms with Gasteiger partial charge < -0.3 is 14.9 Å². The van der Waals surface area contributed by atoms with Crippen molar-refractivity contribution in [3.05, 3.63) is 72.8 Å². The summed E-state index contributed by atoms with van der Waals surface area (Å²) in [5, 5.41) is 2.84. The number of hydrogen-bond acceptors (Lipinski definition) is 1. The van der Waals surface area contributed by atoms with E-state index in [2.05, 4.69) is 10.3 Å². The van der Waals surface area contributed by atoms with E-state index in [1.54, 1.807) is 18.3 Å². The molecule has 1 aromatic carbocycles. The number of carbonyl (C=O) groups excluding carboxylic acids is 1. The quantitative estimate of drug-likeness (QED) is 0.738. The van der Waals surface area contributed by atoms with Gasteiger partial charge in [0.15, 0.2) is 0 Å². The van der Waals surface area contributed by atoms with Gasteiger partial charge in [-0.05, 0) is 48.5 Å². The topological polar surface area (TPSA) is 49.8 Å². The van der Waals surface area contributed by atoms with Crippen LogP contribution in [-0.2, 0) is 0 Å². The molecular weight excluding hydrogens is 238 g/mol. The average Bonchev–Trinajstić information content (AvgIpc) is 3.13. The summed E-state index contributed by atoms with van der Waals surface area (Å²) < 4.78 is 2.01. The molecule has 1 amide bonds. The Labute approximate surface area is 110 Å². The maximum absolute atomic E-state index is 11.8. The van der Waals surface area contributed by atoms with Crippen molar-refractivity contribution in [2.24, 2.45) is 0 Å². The molecule has 0 fully saturated rings. The van der Waals surface area contributed by atoms with Crippen molar-refractivity contribution in [2.75, 3.05) is 5.32 Å². The monoisotopic (exact) mass is 251 g/mol. The Morgan fingerprint density at radius 1 is 1.00 bits per heavy atom. The van der Waals surface area contributed by atoms with E-state index in [1.165, 1.54) is 0 Å². The number of nitrogens with one attached hydrogen (secondary N) is 2. The van der Waals surface area contributed by atoms with Crippen LogP contribution in [-0.4, -0.2) is 15.5 Å². The van der Waals surface area contributed by atoms with Crippen molar-refractivity contribution >= 4 is 11.6 Å². The minimum absolute atomic E-state index is 0.140. The van der Waals surface area contributed by atoms with Crippen molar-refractivity contribution < 1.29 is 4.79 Å². The van der Waals surface area contributed by atoms with Crippen LogP contribution in [0.2, 0.25) is 0 Å². The number of anilines is 1. The van der Waals surface area contributed by atoms with Crippen LogP contribution in [0.5, 0.6) is 0 Å². The first kappa shape index (κ1) is 11.3. The van der Waals surface area contributed by atoms with E-state index >= 15 is 0 Å². The Bertz CT molecular complexity index is 652. The Hall–Kier alpha value is -2.75. The van der Waals surface area contributed by atoms with Gasteiger partial charge in [-0.2, -0.15) is 0 Å². The first-order valence-electron chi connectivity index (χ1n) is 6.01. The predicted octanol–water partition coefficient (Wildman–Crippen LogP) is 3.06. The van der Waals surface area contributed by atoms with Crippen LogP contribution >= 0.6 is 0 Å². The molecule has 0 aliphatic carbocycles. The summed E-state index contributed by atoms with van der Waals surface area (Å²) in [6.07, 6.45) is 5.68. The number of aromatic nitrogens is 2. The van der Waals surface area contributed by atoms with Crippen molar-refractivity contribution in [2.45, 2.75) is 0 Å². The smallest absolute Gasteiger partial charge is 0.272 e. The number of H-pyrrole nitrogens is 1. The first-order chi connectivity index (χ1) is 9.33. The van der Waals surface area contributed by atoms with E-state index in [0.29, 0.717) is 5.69 Å². The third kappa shape index (κ3) is 2.42. The van der Waals surface area contributed by atoms with Gasteiger partial charge >= 0.3 is 0 Å². The average molecular weight is 251 g/mol. The molecule has 0 aliphatic heterocycles. The number of rotatable bonds is 3. The fraction of sp³-hybridized carbons (Fsp3) is 0. The molecule has 0 saturated carbocycles. The number of amides is 1. The lowest BCUT2D eigenvalue weighted by atomic mass is 10.2. The highest BCUT2D eigenvalue weighted by atomic mass is 16.1. The van der Waals surface area contributed by atoms with Gasteiger partial charge in [0.2, 0.25) is 0 Å². The van der Waals surface area contributed by atoms with Gasteiger partial charge in [-0.3, -0.25) is 4.79 Å². The first-order valence-corrected chi connectivity index (χ1v) is 6.01. The summed E-state index contributed by atoms with van der Waals surface area (Å²) in [6.45, 7) is 0. The van der Waals surface area contributed by atoms with Gasteiger partial charge in [-0.15, -0.1) is 0 Å². The van der Waals surface area contributed by atoms with E-state index in [4.69, 9.17) is 0 Å². The summed E-state index contributed by atoms with van der Waals surface area (Å²) in [5.74, 6) is -0.140. The molecule has 94 valence electrons. The summed E-state index contributed by atoms with van der Waals surface area (Å²) in [7, 11) is 0. The third-order valence-corrected chi connectivity index (χ3v) is 2.87. The minimum Gasteiger partial charge on any atom is -0.357 e. The molecular formula is C15H13N3O. The maximum atomic E-state index is 11.8. The zero-order valence-electron chi connectivity index (χ0n) is 10.2. The van der Waals surface area contributed by atoms with Crippen LogP contribution in [0.4, 0.5) is 5.69 Å². The van der Waals surface area contributed by atoms with E-state index in [9.17, 15) is 4.79 Å². The van der Waals surface area contributed by atoms with Gasteiger partial charge in [0, 0.05) is 30.0 Å². The van der Waals surface area contributed by atoms with Crippen LogP contribution in [0.3, 0.4) is 0 Å². The molecule has 0 spiro atoms. The zero-order chi connectivity index (χ0) is 13.1. The summed E-state index contributed by atoms with van der Waals surface area (Å²) >= 11 is 0. The number of aromatic amines is 1. The van der Waals surface area contributed by atoms with E-state index < -0.39 is 0 Å². The van der Waals surface area contributed by atoms with Crippen molar-refractivity contribution in [1.29, 1.82) is 0 Å². The van der Waals surface area contributed by atoms with Gasteiger partial charge in [0.25, 0.3) is 5.91 Å². The minimum atomic E-state index is -0.140. The standard InChI is InChI=1S/C15H13N3O/c19-15(14-4-3-9-16-14)17-12-5-7-13(8-6-12)18-10-1-2-11-18/h1-11,16H,(H,17,19). The van der Waals surface area contributed by atoms with Gasteiger partial charge in [0.05, 0.1) is 0 Å². The lowest BCUT2D eigenvalue weighted by molar-refractivity contribution is 0.102. The van der Waals surface area contributed by atoms with Crippen molar-refractivity contribution in [1.82, 2.24) is 9.55 Å². The SMILES string of the molecule is O=C(Nc1ccc(-n2cccc2)cc1)c1ccc[nH]1. The largest absolute Gasteiger partial charge is 0.357 e. The molecule has 0 bridgehead atoms. The second-order valence-electron chi connectivity index (χ2n) is 4.18. The molecule has 19 heavy (non-hydrogen) atoms. The summed E-state index contributed by atoms with van der Waals surface area (Å²) in [4.78, 5) is 14.7. The maximum Gasteiger partial charge on any atom is 0.272 e. The molecule has 3 aromatic rings. The second-order valence-corrected chi connectivity index (χ2v) is 4.18. The number of benzene rings is 1. The van der Waals surface area contributed by atoms with Crippen LogP contribution in [0, 0.1) is 0 Å². The van der Waals surface area contributed by atoms with Gasteiger partial charge in [-0.25, -0.2) is 0 Å². The van der Waals surface area contributed by atoms with E-state index in [0.717, 1.165) is 11.4 Å². The van der Waals surface area contributed by atoms with Crippen LogP contribution in [0.25, 0.3) is 5.69 Å². The highest BCUT2D eigenvalue weighted by Crippen LogP contribution is 2.14. The summed E-state index contributed by atoms with van der Waals surface area (Å²) in [6, 6.07) is 15.2. The van der Waals surface area contributed by atoms with Crippen molar-refractivity contribution in [3.8, 4) is 5.69 Å². The highest BCUT2D eigenvalue weighted by molar-refractivity contribution is 6.02. The number of hydrogen-bond donors (Lipinski definition) is 2. The highest BCUT2D eigenvalue weighted by Gasteiger charge is 2.05. The lowest BCUT2D eigenvalue weighted by Gasteiger charge is -2.06. The van der Waals surface area contributed by atoms with Crippen LogP contribution in [0.15, 0.2) is 67.1 Å².